The summed E-state index contributed by atoms with van der Waals surface area (Å²) >= 11 is 0. The Morgan fingerprint density at radius 2 is 2.00 bits per heavy atom. The minimum Gasteiger partial charge on any atom is -0.508 e. The Morgan fingerprint density at radius 1 is 1.31 bits per heavy atom. The van der Waals surface area contributed by atoms with Crippen molar-refractivity contribution >= 4 is 5.97 Å². The molecule has 1 aliphatic heterocycles. The molecule has 0 amide bonds. The first-order chi connectivity index (χ1) is 6.27. The Bertz CT molecular complexity index is 315. The first-order valence-corrected chi connectivity index (χ1v) is 4.23. The largest absolute Gasteiger partial charge is 0.508 e. The summed E-state index contributed by atoms with van der Waals surface area (Å²) in [6.45, 7) is 0.504. The number of benzene rings is 1. The highest BCUT2D eigenvalue weighted by Gasteiger charge is 2.27. The number of phenols is 1. The van der Waals surface area contributed by atoms with Gasteiger partial charge in [-0.15, -0.1) is 0 Å². The third-order valence-electron chi connectivity index (χ3n) is 2.23. The fourth-order valence-corrected chi connectivity index (χ4v) is 1.51. The van der Waals surface area contributed by atoms with Crippen LogP contribution in [0.1, 0.15) is 17.9 Å². The summed E-state index contributed by atoms with van der Waals surface area (Å²) in [6, 6.07) is 6.68. The summed E-state index contributed by atoms with van der Waals surface area (Å²) in [6.07, 6.45) is 0.740. The molecule has 1 aromatic rings. The van der Waals surface area contributed by atoms with Crippen LogP contribution < -0.4 is 0 Å². The van der Waals surface area contributed by atoms with Gasteiger partial charge in [-0.05, 0) is 24.1 Å². The Hall–Kier alpha value is -1.51. The summed E-state index contributed by atoms with van der Waals surface area (Å²) in [7, 11) is 0. The Morgan fingerprint density at radius 3 is 2.54 bits per heavy atom. The first kappa shape index (κ1) is 8.10. The van der Waals surface area contributed by atoms with E-state index >= 15 is 0 Å². The molecule has 0 spiro atoms. The van der Waals surface area contributed by atoms with Gasteiger partial charge in [0, 0.05) is 0 Å². The number of esters is 1. The van der Waals surface area contributed by atoms with E-state index in [2.05, 4.69) is 0 Å². The van der Waals surface area contributed by atoms with Crippen molar-refractivity contribution in [2.75, 3.05) is 6.61 Å². The van der Waals surface area contributed by atoms with Crippen molar-refractivity contribution in [3.8, 4) is 5.75 Å². The summed E-state index contributed by atoms with van der Waals surface area (Å²) < 4.78 is 4.85. The van der Waals surface area contributed by atoms with Gasteiger partial charge in [-0.25, -0.2) is 0 Å². The maximum absolute atomic E-state index is 11.2. The molecule has 1 heterocycles. The molecule has 0 bridgehead atoms. The van der Waals surface area contributed by atoms with E-state index in [1.54, 1.807) is 24.3 Å². The van der Waals surface area contributed by atoms with E-state index in [9.17, 15) is 4.79 Å². The van der Waals surface area contributed by atoms with Crippen molar-refractivity contribution in [3.63, 3.8) is 0 Å². The highest BCUT2D eigenvalue weighted by atomic mass is 16.5. The van der Waals surface area contributed by atoms with Crippen LogP contribution in [0.4, 0.5) is 0 Å². The Balaban J connectivity index is 2.25. The molecule has 68 valence electrons. The van der Waals surface area contributed by atoms with Crippen LogP contribution in [-0.4, -0.2) is 17.7 Å². The standard InChI is InChI=1S/C10H10O3/c11-8-3-1-7(2-4-8)9-5-6-13-10(9)12/h1-4,9,11H,5-6H2. The maximum Gasteiger partial charge on any atom is 0.313 e. The molecular formula is C10H10O3. The fourth-order valence-electron chi connectivity index (χ4n) is 1.51. The molecule has 3 nitrogen and oxygen atoms in total. The van der Waals surface area contributed by atoms with Gasteiger partial charge in [0.05, 0.1) is 12.5 Å². The molecule has 1 unspecified atom stereocenters. The highest BCUT2D eigenvalue weighted by Crippen LogP contribution is 2.27. The van der Waals surface area contributed by atoms with Crippen molar-refractivity contribution in [2.45, 2.75) is 12.3 Å². The van der Waals surface area contributed by atoms with Crippen LogP contribution in [0.25, 0.3) is 0 Å². The van der Waals surface area contributed by atoms with Gasteiger partial charge in [-0.1, -0.05) is 12.1 Å². The van der Waals surface area contributed by atoms with Crippen LogP contribution in [0, 0.1) is 0 Å². The van der Waals surface area contributed by atoms with E-state index in [1.807, 2.05) is 0 Å². The molecular weight excluding hydrogens is 168 g/mol. The van der Waals surface area contributed by atoms with E-state index in [0.29, 0.717) is 6.61 Å². The molecule has 0 aliphatic carbocycles. The smallest absolute Gasteiger partial charge is 0.313 e. The van der Waals surface area contributed by atoms with Gasteiger partial charge in [0.15, 0.2) is 0 Å². The summed E-state index contributed by atoms with van der Waals surface area (Å²) in [4.78, 5) is 11.2. The SMILES string of the molecule is O=C1OCCC1c1ccc(O)cc1. The molecule has 1 saturated heterocycles. The maximum atomic E-state index is 11.2. The van der Waals surface area contributed by atoms with Gasteiger partial charge in [0.25, 0.3) is 0 Å². The number of aromatic hydroxyl groups is 1. The Labute approximate surface area is 76.0 Å². The Kier molecular flexibility index (Phi) is 1.93. The van der Waals surface area contributed by atoms with Crippen molar-refractivity contribution in [3.05, 3.63) is 29.8 Å². The highest BCUT2D eigenvalue weighted by molar-refractivity contribution is 5.79. The summed E-state index contributed by atoms with van der Waals surface area (Å²) in [5.41, 5.74) is 0.917. The van der Waals surface area contributed by atoms with E-state index in [0.717, 1.165) is 12.0 Å². The fraction of sp³-hybridized carbons (Fsp3) is 0.300. The minimum atomic E-state index is -0.161. The zero-order valence-electron chi connectivity index (χ0n) is 7.06. The second kappa shape index (κ2) is 3.09. The molecule has 1 aromatic carbocycles. The average Bonchev–Trinajstić information content (AvgIpc) is 2.53. The molecule has 0 radical (unpaired) electrons. The van der Waals surface area contributed by atoms with Gasteiger partial charge in [-0.3, -0.25) is 4.79 Å². The topological polar surface area (TPSA) is 46.5 Å². The predicted molar refractivity (Wildman–Crippen MR) is 46.4 cm³/mol. The van der Waals surface area contributed by atoms with Gasteiger partial charge in [0.1, 0.15) is 5.75 Å². The van der Waals surface area contributed by atoms with Crippen LogP contribution in [0.5, 0.6) is 5.75 Å². The first-order valence-electron chi connectivity index (χ1n) is 4.23. The quantitative estimate of drug-likeness (QED) is 0.661. The number of hydrogen-bond acceptors (Lipinski definition) is 3. The van der Waals surface area contributed by atoms with E-state index in [1.165, 1.54) is 0 Å². The van der Waals surface area contributed by atoms with Gasteiger partial charge < -0.3 is 9.84 Å². The third-order valence-corrected chi connectivity index (χ3v) is 2.23. The van der Waals surface area contributed by atoms with Crippen LogP contribution in [0.15, 0.2) is 24.3 Å². The van der Waals surface area contributed by atoms with E-state index < -0.39 is 0 Å². The van der Waals surface area contributed by atoms with Gasteiger partial charge >= 0.3 is 5.97 Å². The molecule has 1 N–H and O–H groups in total. The molecule has 2 rings (SSSR count). The second-order valence-electron chi connectivity index (χ2n) is 3.10. The van der Waals surface area contributed by atoms with E-state index in [-0.39, 0.29) is 17.6 Å². The molecule has 1 atom stereocenters. The number of phenolic OH excluding ortho intramolecular Hbond substituents is 1. The van der Waals surface area contributed by atoms with Crippen LogP contribution in [-0.2, 0) is 9.53 Å². The zero-order chi connectivity index (χ0) is 9.26. The summed E-state index contributed by atoms with van der Waals surface area (Å²) in [5, 5.41) is 9.05. The molecule has 1 fully saturated rings. The third kappa shape index (κ3) is 1.49. The van der Waals surface area contributed by atoms with Gasteiger partial charge in [-0.2, -0.15) is 0 Å². The lowest BCUT2D eigenvalue weighted by Crippen LogP contribution is -2.04. The van der Waals surface area contributed by atoms with Crippen LogP contribution in [0.2, 0.25) is 0 Å². The van der Waals surface area contributed by atoms with Crippen molar-refractivity contribution < 1.29 is 14.6 Å². The molecule has 0 aromatic heterocycles. The number of ether oxygens (including phenoxy) is 1. The van der Waals surface area contributed by atoms with Crippen LogP contribution in [0.3, 0.4) is 0 Å². The number of carbonyl (C=O) groups is 1. The minimum absolute atomic E-state index is 0.138. The van der Waals surface area contributed by atoms with Crippen LogP contribution >= 0.6 is 0 Å². The number of hydrogen-bond donors (Lipinski definition) is 1. The number of rotatable bonds is 1. The average molecular weight is 178 g/mol. The lowest BCUT2D eigenvalue weighted by Gasteiger charge is -2.04. The zero-order valence-corrected chi connectivity index (χ0v) is 7.06. The predicted octanol–water partition coefficient (Wildman–Crippen LogP) is 1.42. The van der Waals surface area contributed by atoms with E-state index in [4.69, 9.17) is 9.84 Å². The van der Waals surface area contributed by atoms with Crippen molar-refractivity contribution in [2.24, 2.45) is 0 Å². The molecule has 3 heteroatoms. The lowest BCUT2D eigenvalue weighted by molar-refractivity contribution is -0.139. The van der Waals surface area contributed by atoms with Gasteiger partial charge in [0.2, 0.25) is 0 Å². The van der Waals surface area contributed by atoms with Crippen molar-refractivity contribution in [1.82, 2.24) is 0 Å². The number of carbonyl (C=O) groups excluding carboxylic acids is 1. The molecule has 0 saturated carbocycles. The summed E-state index contributed by atoms with van der Waals surface area (Å²) in [5.74, 6) is -0.0820. The van der Waals surface area contributed by atoms with Crippen molar-refractivity contribution in [1.29, 1.82) is 0 Å². The molecule has 13 heavy (non-hydrogen) atoms. The number of cyclic esters (lactones) is 1. The molecule has 1 aliphatic rings. The lowest BCUT2D eigenvalue weighted by atomic mass is 9.98. The monoisotopic (exact) mass is 178 g/mol. The normalized spacial score (nSPS) is 21.5. The second-order valence-corrected chi connectivity index (χ2v) is 3.10.